The highest BCUT2D eigenvalue weighted by atomic mass is 16.5. The molecule has 1 aromatic heterocycles. The molecule has 1 unspecified atom stereocenters. The van der Waals surface area contributed by atoms with Crippen LogP contribution in [0.2, 0.25) is 0 Å². The minimum absolute atomic E-state index is 0.471. The molecule has 2 heterocycles. The SMILES string of the molecule is CN=C(NCc1nc(C)no1)NCC1CCCN1Cc1ccccc1. The molecule has 25 heavy (non-hydrogen) atoms. The Morgan fingerprint density at radius 1 is 1.32 bits per heavy atom. The fraction of sp³-hybridized carbons (Fsp3) is 0.500. The normalized spacial score (nSPS) is 18.5. The molecular weight excluding hydrogens is 316 g/mol. The molecule has 1 aliphatic heterocycles. The number of likely N-dealkylation sites (tertiary alicyclic amines) is 1. The van der Waals surface area contributed by atoms with Crippen LogP contribution in [0.5, 0.6) is 0 Å². The fourth-order valence-electron chi connectivity index (χ4n) is 3.16. The first-order chi connectivity index (χ1) is 12.2. The summed E-state index contributed by atoms with van der Waals surface area (Å²) in [4.78, 5) is 11.0. The van der Waals surface area contributed by atoms with E-state index < -0.39 is 0 Å². The number of guanidine groups is 1. The van der Waals surface area contributed by atoms with Crippen molar-refractivity contribution < 1.29 is 4.52 Å². The second-order valence-electron chi connectivity index (χ2n) is 6.29. The quantitative estimate of drug-likeness (QED) is 0.615. The van der Waals surface area contributed by atoms with Crippen molar-refractivity contribution in [2.75, 3.05) is 20.1 Å². The van der Waals surface area contributed by atoms with Gasteiger partial charge < -0.3 is 15.2 Å². The Balaban J connectivity index is 1.47. The lowest BCUT2D eigenvalue weighted by molar-refractivity contribution is 0.245. The van der Waals surface area contributed by atoms with E-state index in [0.29, 0.717) is 24.3 Å². The van der Waals surface area contributed by atoms with Gasteiger partial charge in [-0.25, -0.2) is 0 Å². The number of aliphatic imine (C=N–C) groups is 1. The Bertz CT molecular complexity index is 684. The van der Waals surface area contributed by atoms with Gasteiger partial charge in [0, 0.05) is 26.2 Å². The third kappa shape index (κ3) is 5.03. The van der Waals surface area contributed by atoms with Crippen molar-refractivity contribution in [3.63, 3.8) is 0 Å². The number of benzene rings is 1. The maximum absolute atomic E-state index is 5.11. The zero-order valence-electron chi connectivity index (χ0n) is 14.9. The van der Waals surface area contributed by atoms with Crippen molar-refractivity contribution in [3.05, 3.63) is 47.6 Å². The molecule has 2 N–H and O–H groups in total. The van der Waals surface area contributed by atoms with Gasteiger partial charge in [-0.3, -0.25) is 9.89 Å². The minimum Gasteiger partial charge on any atom is -0.355 e. The molecule has 0 aliphatic carbocycles. The fourth-order valence-corrected chi connectivity index (χ4v) is 3.16. The first-order valence-electron chi connectivity index (χ1n) is 8.76. The van der Waals surface area contributed by atoms with Gasteiger partial charge in [-0.1, -0.05) is 35.5 Å². The van der Waals surface area contributed by atoms with E-state index in [4.69, 9.17) is 4.52 Å². The van der Waals surface area contributed by atoms with Gasteiger partial charge in [0.15, 0.2) is 11.8 Å². The van der Waals surface area contributed by atoms with Crippen LogP contribution in [-0.4, -0.2) is 47.2 Å². The Kier molecular flexibility index (Phi) is 6.00. The summed E-state index contributed by atoms with van der Waals surface area (Å²) in [5.41, 5.74) is 1.36. The van der Waals surface area contributed by atoms with Crippen LogP contribution in [0.25, 0.3) is 0 Å². The van der Waals surface area contributed by atoms with Crippen molar-refractivity contribution in [1.82, 2.24) is 25.7 Å². The summed E-state index contributed by atoms with van der Waals surface area (Å²) < 4.78 is 5.11. The number of nitrogens with zero attached hydrogens (tertiary/aromatic N) is 4. The standard InChI is InChI=1S/C18H26N6O/c1-14-22-17(25-23-14)12-21-18(19-2)20-11-16-9-6-10-24(16)13-15-7-4-3-5-8-15/h3-5,7-8,16H,6,9-13H2,1-2H3,(H2,19,20,21). The molecule has 1 aliphatic rings. The lowest BCUT2D eigenvalue weighted by atomic mass is 10.2. The second kappa shape index (κ2) is 8.62. The molecule has 1 saturated heterocycles. The van der Waals surface area contributed by atoms with Crippen LogP contribution in [-0.2, 0) is 13.1 Å². The maximum Gasteiger partial charge on any atom is 0.246 e. The van der Waals surface area contributed by atoms with Crippen LogP contribution in [0.1, 0.15) is 30.1 Å². The van der Waals surface area contributed by atoms with Gasteiger partial charge in [0.1, 0.15) is 0 Å². The molecular formula is C18H26N6O. The number of aromatic nitrogens is 2. The van der Waals surface area contributed by atoms with Gasteiger partial charge in [0.25, 0.3) is 0 Å². The summed E-state index contributed by atoms with van der Waals surface area (Å²) in [7, 11) is 1.77. The highest BCUT2D eigenvalue weighted by molar-refractivity contribution is 5.79. The average Bonchev–Trinajstić information content (AvgIpc) is 3.25. The Hall–Kier alpha value is -2.41. The zero-order chi connectivity index (χ0) is 17.5. The van der Waals surface area contributed by atoms with Gasteiger partial charge in [-0.15, -0.1) is 0 Å². The lowest BCUT2D eigenvalue weighted by Gasteiger charge is -2.25. The molecule has 0 spiro atoms. The van der Waals surface area contributed by atoms with Gasteiger partial charge >= 0.3 is 0 Å². The van der Waals surface area contributed by atoms with E-state index in [0.717, 1.165) is 25.6 Å². The van der Waals surface area contributed by atoms with Crippen molar-refractivity contribution in [3.8, 4) is 0 Å². The van der Waals surface area contributed by atoms with Crippen LogP contribution < -0.4 is 10.6 Å². The van der Waals surface area contributed by atoms with Crippen LogP contribution in [0, 0.1) is 6.92 Å². The maximum atomic E-state index is 5.11. The molecule has 0 bridgehead atoms. The highest BCUT2D eigenvalue weighted by Crippen LogP contribution is 2.19. The lowest BCUT2D eigenvalue weighted by Crippen LogP contribution is -2.44. The third-order valence-corrected chi connectivity index (χ3v) is 4.43. The van der Waals surface area contributed by atoms with Crippen molar-refractivity contribution in [2.24, 2.45) is 4.99 Å². The molecule has 3 rings (SSSR count). The van der Waals surface area contributed by atoms with E-state index >= 15 is 0 Å². The molecule has 7 nitrogen and oxygen atoms in total. The molecule has 1 fully saturated rings. The van der Waals surface area contributed by atoms with E-state index in [-0.39, 0.29) is 0 Å². The monoisotopic (exact) mass is 342 g/mol. The predicted octanol–water partition coefficient (Wildman–Crippen LogP) is 1.71. The summed E-state index contributed by atoms with van der Waals surface area (Å²) >= 11 is 0. The predicted molar refractivity (Wildman–Crippen MR) is 97.1 cm³/mol. The number of hydrogen-bond donors (Lipinski definition) is 2. The van der Waals surface area contributed by atoms with Crippen LogP contribution >= 0.6 is 0 Å². The van der Waals surface area contributed by atoms with Gasteiger partial charge in [-0.05, 0) is 31.9 Å². The van der Waals surface area contributed by atoms with Gasteiger partial charge in [0.05, 0.1) is 6.54 Å². The summed E-state index contributed by atoms with van der Waals surface area (Å²) in [5, 5.41) is 10.4. The number of hydrogen-bond acceptors (Lipinski definition) is 5. The molecule has 2 aromatic rings. The number of rotatable bonds is 6. The smallest absolute Gasteiger partial charge is 0.246 e. The minimum atomic E-state index is 0.471. The first-order valence-corrected chi connectivity index (χ1v) is 8.76. The van der Waals surface area contributed by atoms with Gasteiger partial charge in [-0.2, -0.15) is 4.98 Å². The molecule has 0 amide bonds. The average molecular weight is 342 g/mol. The zero-order valence-corrected chi connectivity index (χ0v) is 14.9. The summed E-state index contributed by atoms with van der Waals surface area (Å²) in [5.74, 6) is 1.96. The number of nitrogens with one attached hydrogen (secondary N) is 2. The van der Waals surface area contributed by atoms with Crippen LogP contribution in [0.3, 0.4) is 0 Å². The Morgan fingerprint density at radius 3 is 2.88 bits per heavy atom. The van der Waals surface area contributed by atoms with E-state index in [9.17, 15) is 0 Å². The topological polar surface area (TPSA) is 78.6 Å². The molecule has 134 valence electrons. The molecule has 1 atom stereocenters. The van der Waals surface area contributed by atoms with Crippen LogP contribution in [0.4, 0.5) is 0 Å². The third-order valence-electron chi connectivity index (χ3n) is 4.43. The molecule has 7 heteroatoms. The molecule has 0 radical (unpaired) electrons. The van der Waals surface area contributed by atoms with Crippen molar-refractivity contribution in [2.45, 2.75) is 38.9 Å². The largest absolute Gasteiger partial charge is 0.355 e. The van der Waals surface area contributed by atoms with Gasteiger partial charge in [0.2, 0.25) is 5.89 Å². The van der Waals surface area contributed by atoms with Crippen molar-refractivity contribution >= 4 is 5.96 Å². The number of aryl methyl sites for hydroxylation is 1. The summed E-state index contributed by atoms with van der Waals surface area (Å²) in [6, 6.07) is 11.2. The van der Waals surface area contributed by atoms with Crippen LogP contribution in [0.15, 0.2) is 39.8 Å². The Labute approximate surface area is 148 Å². The van der Waals surface area contributed by atoms with E-state index in [2.05, 4.69) is 61.0 Å². The summed E-state index contributed by atoms with van der Waals surface area (Å²) in [6.45, 7) is 5.30. The van der Waals surface area contributed by atoms with E-state index in [1.807, 2.05) is 6.92 Å². The first kappa shape index (κ1) is 17.4. The van der Waals surface area contributed by atoms with Crippen molar-refractivity contribution in [1.29, 1.82) is 0 Å². The Morgan fingerprint density at radius 2 is 2.16 bits per heavy atom. The highest BCUT2D eigenvalue weighted by Gasteiger charge is 2.24. The molecule has 1 aromatic carbocycles. The van der Waals surface area contributed by atoms with E-state index in [1.165, 1.54) is 18.4 Å². The molecule has 0 saturated carbocycles. The van der Waals surface area contributed by atoms with E-state index in [1.54, 1.807) is 7.05 Å². The summed E-state index contributed by atoms with van der Waals surface area (Å²) in [6.07, 6.45) is 2.45. The second-order valence-corrected chi connectivity index (χ2v) is 6.29.